The number of alkyl halides is 3. The summed E-state index contributed by atoms with van der Waals surface area (Å²) in [6, 6.07) is 16.6. The predicted molar refractivity (Wildman–Crippen MR) is 143 cm³/mol. The Balaban J connectivity index is 1.63. The van der Waals surface area contributed by atoms with Gasteiger partial charge in [-0.3, -0.25) is 4.79 Å². The number of nitrogens with one attached hydrogen (secondary N) is 1. The third-order valence-corrected chi connectivity index (χ3v) is 6.26. The Hall–Kier alpha value is -5.50. The van der Waals surface area contributed by atoms with Crippen LogP contribution in [0.3, 0.4) is 0 Å². The van der Waals surface area contributed by atoms with Crippen LogP contribution in [0.25, 0.3) is 33.2 Å². The summed E-state index contributed by atoms with van der Waals surface area (Å²) < 4.78 is 39.3. The number of benzene rings is 3. The number of pyridine rings is 1. The minimum absolute atomic E-state index is 0.00427. The number of aromatic hydroxyl groups is 1. The molecule has 198 valence electrons. The number of fused-ring (bicyclic) bond motifs is 1. The number of aryl methyl sites for hydroxylation is 1. The lowest BCUT2D eigenvalue weighted by Gasteiger charge is -2.16. The molecule has 0 unspecified atom stereocenters. The van der Waals surface area contributed by atoms with Gasteiger partial charge in [0.25, 0.3) is 5.91 Å². The summed E-state index contributed by atoms with van der Waals surface area (Å²) in [4.78, 5) is 25.2. The van der Waals surface area contributed by atoms with Gasteiger partial charge in [-0.1, -0.05) is 18.2 Å². The van der Waals surface area contributed by atoms with Crippen molar-refractivity contribution in [3.8, 4) is 34.1 Å². The molecule has 40 heavy (non-hydrogen) atoms. The van der Waals surface area contributed by atoms with Gasteiger partial charge in [0.1, 0.15) is 11.6 Å². The number of hydrogen-bond donors (Lipinski definition) is 3. The van der Waals surface area contributed by atoms with Gasteiger partial charge in [-0.15, -0.1) is 0 Å². The van der Waals surface area contributed by atoms with Crippen molar-refractivity contribution in [2.24, 2.45) is 0 Å². The maximum absolute atomic E-state index is 13.1. The highest BCUT2D eigenvalue weighted by Crippen LogP contribution is 2.44. The smallest absolute Gasteiger partial charge is 0.416 e. The predicted octanol–water partition coefficient (Wildman–Crippen LogP) is 6.10. The molecule has 5 aromatic rings. The van der Waals surface area contributed by atoms with Crippen LogP contribution in [-0.4, -0.2) is 26.0 Å². The van der Waals surface area contributed by atoms with Gasteiger partial charge >= 0.3 is 6.18 Å². The van der Waals surface area contributed by atoms with Crippen molar-refractivity contribution >= 4 is 28.6 Å². The van der Waals surface area contributed by atoms with Crippen molar-refractivity contribution in [2.75, 3.05) is 11.1 Å². The minimum atomic E-state index is -4.59. The number of nitriles is 1. The van der Waals surface area contributed by atoms with E-state index in [0.717, 1.165) is 18.3 Å². The lowest BCUT2D eigenvalue weighted by atomic mass is 9.91. The second-order valence-corrected chi connectivity index (χ2v) is 8.92. The van der Waals surface area contributed by atoms with Gasteiger partial charge in [0.2, 0.25) is 5.95 Å². The molecule has 0 saturated carbocycles. The van der Waals surface area contributed by atoms with Crippen molar-refractivity contribution < 1.29 is 23.1 Å². The Morgan fingerprint density at radius 1 is 1.05 bits per heavy atom. The molecule has 0 bridgehead atoms. The number of amides is 1. The zero-order chi connectivity index (χ0) is 28.6. The standard InChI is InChI=1S/C29H19F3N6O2/c1-15-5-6-18(27(40)37-23-12-20(7-8-35-23)29(30,31)32)10-21(15)22-11-19-14-36-28(34)38-25(19)24(26(22)39)17-4-2-3-16(9-17)13-33/h2-12,14,39H,1H3,(H2,34,36,38)(H,35,37,40). The third kappa shape index (κ3) is 4.98. The highest BCUT2D eigenvalue weighted by molar-refractivity contribution is 6.06. The van der Waals surface area contributed by atoms with E-state index in [9.17, 15) is 28.3 Å². The monoisotopic (exact) mass is 540 g/mol. The third-order valence-electron chi connectivity index (χ3n) is 6.26. The lowest BCUT2D eigenvalue weighted by Crippen LogP contribution is -2.14. The summed E-state index contributed by atoms with van der Waals surface area (Å²) in [7, 11) is 0. The van der Waals surface area contributed by atoms with E-state index in [2.05, 4.69) is 26.3 Å². The van der Waals surface area contributed by atoms with Gasteiger partial charge in [-0.2, -0.15) is 18.4 Å². The number of hydrogen-bond acceptors (Lipinski definition) is 7. The largest absolute Gasteiger partial charge is 0.507 e. The van der Waals surface area contributed by atoms with Crippen LogP contribution < -0.4 is 11.1 Å². The Bertz CT molecular complexity index is 1850. The molecule has 0 saturated heterocycles. The maximum Gasteiger partial charge on any atom is 0.416 e. The average molecular weight is 541 g/mol. The Kier molecular flexibility index (Phi) is 6.53. The van der Waals surface area contributed by atoms with Gasteiger partial charge in [0.05, 0.1) is 28.3 Å². The molecule has 1 amide bonds. The number of aromatic nitrogens is 3. The highest BCUT2D eigenvalue weighted by Gasteiger charge is 2.31. The van der Waals surface area contributed by atoms with Gasteiger partial charge in [0, 0.05) is 28.9 Å². The van der Waals surface area contributed by atoms with Crippen LogP contribution >= 0.6 is 0 Å². The molecule has 0 atom stereocenters. The van der Waals surface area contributed by atoms with Crippen molar-refractivity contribution in [2.45, 2.75) is 13.1 Å². The van der Waals surface area contributed by atoms with E-state index in [0.29, 0.717) is 44.3 Å². The van der Waals surface area contributed by atoms with Crippen molar-refractivity contribution in [1.82, 2.24) is 15.0 Å². The number of carbonyl (C=O) groups is 1. The Morgan fingerprint density at radius 3 is 2.60 bits per heavy atom. The van der Waals surface area contributed by atoms with Crippen molar-refractivity contribution in [1.29, 1.82) is 5.26 Å². The molecule has 2 heterocycles. The number of nitrogens with zero attached hydrogens (tertiary/aromatic N) is 4. The van der Waals surface area contributed by atoms with E-state index < -0.39 is 17.6 Å². The zero-order valence-electron chi connectivity index (χ0n) is 20.8. The Labute approximate surface area is 225 Å². The van der Waals surface area contributed by atoms with Crippen LogP contribution in [0.4, 0.5) is 24.9 Å². The van der Waals surface area contributed by atoms with Crippen molar-refractivity contribution in [3.05, 3.63) is 95.3 Å². The molecule has 5 rings (SSSR count). The van der Waals surface area contributed by atoms with E-state index in [4.69, 9.17) is 5.73 Å². The van der Waals surface area contributed by atoms with Crippen LogP contribution in [-0.2, 0) is 6.18 Å². The zero-order valence-corrected chi connectivity index (χ0v) is 20.8. The molecule has 0 radical (unpaired) electrons. The van der Waals surface area contributed by atoms with Crippen LogP contribution in [0.15, 0.2) is 73.1 Å². The first kappa shape index (κ1) is 26.1. The summed E-state index contributed by atoms with van der Waals surface area (Å²) in [5.41, 5.74) is 8.13. The Morgan fingerprint density at radius 2 is 1.85 bits per heavy atom. The number of rotatable bonds is 4. The fourth-order valence-corrected chi connectivity index (χ4v) is 4.32. The molecular formula is C29H19F3N6O2. The van der Waals surface area contributed by atoms with Crippen LogP contribution in [0.1, 0.15) is 27.0 Å². The van der Waals surface area contributed by atoms with E-state index >= 15 is 0 Å². The number of phenolic OH excluding ortho intramolecular Hbond substituents is 1. The quantitative estimate of drug-likeness (QED) is 0.250. The second kappa shape index (κ2) is 9.99. The molecule has 2 aromatic heterocycles. The highest BCUT2D eigenvalue weighted by atomic mass is 19.4. The van der Waals surface area contributed by atoms with Gasteiger partial charge in [0.15, 0.2) is 0 Å². The summed E-state index contributed by atoms with van der Waals surface area (Å²) in [5, 5.41) is 23.9. The lowest BCUT2D eigenvalue weighted by molar-refractivity contribution is -0.137. The van der Waals surface area contributed by atoms with E-state index in [1.165, 1.54) is 18.3 Å². The van der Waals surface area contributed by atoms with E-state index in [1.807, 2.05) is 0 Å². The van der Waals surface area contributed by atoms with Gasteiger partial charge in [-0.05, 0) is 66.1 Å². The molecule has 4 N–H and O–H groups in total. The number of carbonyl (C=O) groups excluding carboxylic acids is 1. The molecule has 0 aliphatic heterocycles. The second-order valence-electron chi connectivity index (χ2n) is 8.92. The molecule has 0 aliphatic rings. The number of phenols is 1. The normalized spacial score (nSPS) is 11.3. The van der Waals surface area contributed by atoms with Crippen LogP contribution in [0, 0.1) is 18.3 Å². The number of halogens is 3. The van der Waals surface area contributed by atoms with Crippen LogP contribution in [0.5, 0.6) is 5.75 Å². The number of anilines is 2. The molecule has 11 heteroatoms. The molecule has 0 spiro atoms. The first-order chi connectivity index (χ1) is 19.0. The summed E-state index contributed by atoms with van der Waals surface area (Å²) in [6.07, 6.45) is -2.13. The van der Waals surface area contributed by atoms with E-state index in [-0.39, 0.29) is 23.1 Å². The summed E-state index contributed by atoms with van der Waals surface area (Å²) >= 11 is 0. The number of nitrogens with two attached hydrogens (primary N) is 1. The molecule has 0 fully saturated rings. The van der Waals surface area contributed by atoms with Crippen molar-refractivity contribution in [3.63, 3.8) is 0 Å². The summed E-state index contributed by atoms with van der Waals surface area (Å²) in [6.45, 7) is 1.78. The van der Waals surface area contributed by atoms with Crippen LogP contribution in [0.2, 0.25) is 0 Å². The van der Waals surface area contributed by atoms with Gasteiger partial charge in [-0.25, -0.2) is 15.0 Å². The molecule has 0 aliphatic carbocycles. The molecule has 8 nitrogen and oxygen atoms in total. The fraction of sp³-hybridized carbons (Fsp3) is 0.0690. The molecular weight excluding hydrogens is 521 g/mol. The maximum atomic E-state index is 13.1. The minimum Gasteiger partial charge on any atom is -0.507 e. The summed E-state index contributed by atoms with van der Waals surface area (Å²) in [5.74, 6) is -1.12. The van der Waals surface area contributed by atoms with Gasteiger partial charge < -0.3 is 16.2 Å². The first-order valence-electron chi connectivity index (χ1n) is 11.8. The topological polar surface area (TPSA) is 138 Å². The number of nitrogen functional groups attached to an aromatic ring is 1. The SMILES string of the molecule is Cc1ccc(C(=O)Nc2cc(C(F)(F)F)ccn2)cc1-c1cc2cnc(N)nc2c(-c2cccc(C#N)c2)c1O. The fourth-order valence-electron chi connectivity index (χ4n) is 4.32. The first-order valence-corrected chi connectivity index (χ1v) is 11.8. The van der Waals surface area contributed by atoms with E-state index in [1.54, 1.807) is 43.3 Å². The molecule has 3 aromatic carbocycles. The average Bonchev–Trinajstić information content (AvgIpc) is 2.93.